The van der Waals surface area contributed by atoms with Gasteiger partial charge < -0.3 is 14.6 Å². The van der Waals surface area contributed by atoms with Crippen molar-refractivity contribution in [2.24, 2.45) is 0 Å². The summed E-state index contributed by atoms with van der Waals surface area (Å²) in [5, 5.41) is 6.47. The van der Waals surface area contributed by atoms with Gasteiger partial charge in [-0.05, 0) is 24.1 Å². The molecule has 2 heterocycles. The van der Waals surface area contributed by atoms with Crippen LogP contribution in [-0.4, -0.2) is 39.7 Å². The van der Waals surface area contributed by atoms with Gasteiger partial charge in [0.05, 0.1) is 13.3 Å². The van der Waals surface area contributed by atoms with Crippen LogP contribution in [0.1, 0.15) is 16.2 Å². The molecule has 0 atom stereocenters. The number of methoxy groups -OCH3 is 1. The van der Waals surface area contributed by atoms with E-state index in [9.17, 15) is 4.79 Å². The van der Waals surface area contributed by atoms with Crippen LogP contribution in [0.3, 0.4) is 0 Å². The summed E-state index contributed by atoms with van der Waals surface area (Å²) in [6, 6.07) is 7.65. The van der Waals surface area contributed by atoms with E-state index in [4.69, 9.17) is 9.26 Å². The van der Waals surface area contributed by atoms with Crippen LogP contribution in [0, 0.1) is 0 Å². The van der Waals surface area contributed by atoms with E-state index in [2.05, 4.69) is 25.4 Å². The van der Waals surface area contributed by atoms with Crippen molar-refractivity contribution in [2.45, 2.75) is 6.42 Å². The molecule has 3 rings (SSSR count). The van der Waals surface area contributed by atoms with Crippen LogP contribution in [0.15, 0.2) is 47.4 Å². The van der Waals surface area contributed by atoms with Crippen LogP contribution in [0.25, 0.3) is 11.5 Å². The fraction of sp³-hybridized carbons (Fsp3) is 0.188. The molecule has 1 amide bonds. The summed E-state index contributed by atoms with van der Waals surface area (Å²) in [5.41, 5.74) is 1.53. The van der Waals surface area contributed by atoms with Crippen molar-refractivity contribution in [3.63, 3.8) is 0 Å². The lowest BCUT2D eigenvalue weighted by atomic mass is 10.1. The monoisotopic (exact) mass is 325 g/mol. The lowest BCUT2D eigenvalue weighted by molar-refractivity contribution is 0.0910. The lowest BCUT2D eigenvalue weighted by Crippen LogP contribution is -2.26. The second-order valence-electron chi connectivity index (χ2n) is 4.87. The van der Waals surface area contributed by atoms with Gasteiger partial charge in [0.25, 0.3) is 0 Å². The standard InChI is InChI=1S/C16H15N5O3/c1-23-12-4-2-11(3-5-12)6-7-19-15(22)16-20-14(21-24-16)13-10-17-8-9-18-13/h2-5,8-10H,6-7H2,1H3,(H,19,22). The van der Waals surface area contributed by atoms with E-state index in [1.54, 1.807) is 7.11 Å². The lowest BCUT2D eigenvalue weighted by Gasteiger charge is -2.04. The molecule has 0 bridgehead atoms. The third-order valence-corrected chi connectivity index (χ3v) is 3.27. The molecule has 0 saturated carbocycles. The minimum Gasteiger partial charge on any atom is -0.497 e. The molecule has 8 nitrogen and oxygen atoms in total. The first-order chi connectivity index (χ1) is 11.8. The Bertz CT molecular complexity index is 802. The molecule has 2 aromatic heterocycles. The summed E-state index contributed by atoms with van der Waals surface area (Å²) in [4.78, 5) is 24.0. The molecule has 0 fully saturated rings. The van der Waals surface area contributed by atoms with Gasteiger partial charge in [0.15, 0.2) is 0 Å². The van der Waals surface area contributed by atoms with Crippen molar-refractivity contribution < 1.29 is 14.1 Å². The average Bonchev–Trinajstić information content (AvgIpc) is 3.13. The zero-order valence-electron chi connectivity index (χ0n) is 13.0. The number of carbonyl (C=O) groups is 1. The van der Waals surface area contributed by atoms with Gasteiger partial charge in [-0.25, -0.2) is 4.98 Å². The number of rotatable bonds is 6. The van der Waals surface area contributed by atoms with Crippen molar-refractivity contribution in [2.75, 3.05) is 13.7 Å². The number of hydrogen-bond donors (Lipinski definition) is 1. The molecule has 0 unspecified atom stereocenters. The molecule has 0 saturated heterocycles. The Balaban J connectivity index is 1.54. The Labute approximate surface area is 137 Å². The van der Waals surface area contributed by atoms with E-state index >= 15 is 0 Å². The van der Waals surface area contributed by atoms with Crippen LogP contribution in [0.4, 0.5) is 0 Å². The molecule has 1 aromatic carbocycles. The Kier molecular flexibility index (Phi) is 4.76. The van der Waals surface area contributed by atoms with E-state index in [0.29, 0.717) is 18.7 Å². The SMILES string of the molecule is COc1ccc(CCNC(=O)c2nc(-c3cnccn3)no2)cc1. The molecule has 0 aliphatic heterocycles. The van der Waals surface area contributed by atoms with Gasteiger partial charge in [-0.15, -0.1) is 0 Å². The normalized spacial score (nSPS) is 10.4. The average molecular weight is 325 g/mol. The number of amides is 1. The first kappa shape index (κ1) is 15.6. The zero-order valence-corrected chi connectivity index (χ0v) is 13.0. The summed E-state index contributed by atoms with van der Waals surface area (Å²) in [7, 11) is 1.62. The second kappa shape index (κ2) is 7.32. The van der Waals surface area contributed by atoms with Gasteiger partial charge in [-0.1, -0.05) is 17.3 Å². The van der Waals surface area contributed by atoms with Gasteiger partial charge in [0, 0.05) is 18.9 Å². The topological polar surface area (TPSA) is 103 Å². The zero-order chi connectivity index (χ0) is 16.8. The van der Waals surface area contributed by atoms with E-state index in [0.717, 1.165) is 11.3 Å². The maximum absolute atomic E-state index is 12.0. The Morgan fingerprint density at radius 2 is 2.08 bits per heavy atom. The number of nitrogens with zero attached hydrogens (tertiary/aromatic N) is 4. The molecule has 0 aliphatic rings. The molecule has 8 heteroatoms. The van der Waals surface area contributed by atoms with Crippen molar-refractivity contribution in [3.8, 4) is 17.3 Å². The summed E-state index contributed by atoms with van der Waals surface area (Å²) in [6.45, 7) is 0.452. The van der Waals surface area contributed by atoms with Crippen molar-refractivity contribution in [3.05, 3.63) is 54.3 Å². The molecule has 122 valence electrons. The predicted molar refractivity (Wildman–Crippen MR) is 84.4 cm³/mol. The number of benzene rings is 1. The molecule has 24 heavy (non-hydrogen) atoms. The molecule has 0 aliphatic carbocycles. The van der Waals surface area contributed by atoms with Gasteiger partial charge >= 0.3 is 11.8 Å². The molecule has 3 aromatic rings. The summed E-state index contributed by atoms with van der Waals surface area (Å²) in [5.74, 6) is 0.491. The first-order valence-corrected chi connectivity index (χ1v) is 7.27. The van der Waals surface area contributed by atoms with Gasteiger partial charge in [-0.2, -0.15) is 4.98 Å². The maximum atomic E-state index is 12.0. The van der Waals surface area contributed by atoms with Crippen molar-refractivity contribution >= 4 is 5.91 Å². The number of hydrogen-bond acceptors (Lipinski definition) is 7. The van der Waals surface area contributed by atoms with Gasteiger partial charge in [0.1, 0.15) is 11.4 Å². The highest BCUT2D eigenvalue weighted by Gasteiger charge is 2.16. The highest BCUT2D eigenvalue weighted by molar-refractivity contribution is 5.89. The van der Waals surface area contributed by atoms with E-state index < -0.39 is 5.91 Å². The van der Waals surface area contributed by atoms with Crippen molar-refractivity contribution in [1.82, 2.24) is 25.4 Å². The molecule has 0 spiro atoms. The largest absolute Gasteiger partial charge is 0.497 e. The Morgan fingerprint density at radius 1 is 1.25 bits per heavy atom. The van der Waals surface area contributed by atoms with E-state index in [1.807, 2.05) is 24.3 Å². The minimum atomic E-state index is -0.425. The number of nitrogens with one attached hydrogen (secondary N) is 1. The maximum Gasteiger partial charge on any atom is 0.316 e. The van der Waals surface area contributed by atoms with Gasteiger partial charge in [-0.3, -0.25) is 9.78 Å². The van der Waals surface area contributed by atoms with Crippen LogP contribution >= 0.6 is 0 Å². The Hall–Kier alpha value is -3.29. The smallest absolute Gasteiger partial charge is 0.316 e. The molecular formula is C16H15N5O3. The molecular weight excluding hydrogens is 310 g/mol. The summed E-state index contributed by atoms with van der Waals surface area (Å²) in [6.07, 6.45) is 5.23. The minimum absolute atomic E-state index is 0.106. The van der Waals surface area contributed by atoms with Crippen LogP contribution in [-0.2, 0) is 6.42 Å². The number of carbonyl (C=O) groups excluding carboxylic acids is 1. The first-order valence-electron chi connectivity index (χ1n) is 7.27. The highest BCUT2D eigenvalue weighted by atomic mass is 16.5. The fourth-order valence-corrected chi connectivity index (χ4v) is 2.02. The van der Waals surface area contributed by atoms with E-state index in [1.165, 1.54) is 18.6 Å². The van der Waals surface area contributed by atoms with Crippen molar-refractivity contribution in [1.29, 1.82) is 0 Å². The van der Waals surface area contributed by atoms with Crippen LogP contribution in [0.2, 0.25) is 0 Å². The quantitative estimate of drug-likeness (QED) is 0.732. The molecule has 1 N–H and O–H groups in total. The number of ether oxygens (including phenoxy) is 1. The third kappa shape index (κ3) is 3.72. The van der Waals surface area contributed by atoms with Crippen LogP contribution < -0.4 is 10.1 Å². The Morgan fingerprint density at radius 3 is 2.79 bits per heavy atom. The summed E-state index contributed by atoms with van der Waals surface area (Å²) >= 11 is 0. The third-order valence-electron chi connectivity index (χ3n) is 3.27. The van der Waals surface area contributed by atoms with Gasteiger partial charge in [0.2, 0.25) is 5.82 Å². The number of aromatic nitrogens is 4. The second-order valence-corrected chi connectivity index (χ2v) is 4.87. The fourth-order valence-electron chi connectivity index (χ4n) is 2.02. The highest BCUT2D eigenvalue weighted by Crippen LogP contribution is 2.12. The summed E-state index contributed by atoms with van der Waals surface area (Å²) < 4.78 is 10.1. The predicted octanol–water partition coefficient (Wildman–Crippen LogP) is 1.51. The van der Waals surface area contributed by atoms with E-state index in [-0.39, 0.29) is 11.7 Å². The molecule has 0 radical (unpaired) electrons. The van der Waals surface area contributed by atoms with Crippen LogP contribution in [0.5, 0.6) is 5.75 Å².